The van der Waals surface area contributed by atoms with E-state index in [2.05, 4.69) is 20.5 Å². The fraction of sp³-hybridized carbons (Fsp3) is 0.0556. The molecule has 0 spiro atoms. The first-order valence-electron chi connectivity index (χ1n) is 7.83. The van der Waals surface area contributed by atoms with E-state index in [9.17, 15) is 9.18 Å². The lowest BCUT2D eigenvalue weighted by Crippen LogP contribution is -2.23. The van der Waals surface area contributed by atoms with Gasteiger partial charge >= 0.3 is 0 Å². The fourth-order valence-corrected chi connectivity index (χ4v) is 2.88. The number of aromatic nitrogens is 4. The van der Waals surface area contributed by atoms with Gasteiger partial charge in [0.05, 0.1) is 11.3 Å². The lowest BCUT2D eigenvalue weighted by Gasteiger charge is -2.07. The number of benzene rings is 1. The molecule has 4 rings (SSSR count). The van der Waals surface area contributed by atoms with Crippen LogP contribution in [0, 0.1) is 5.82 Å². The van der Waals surface area contributed by atoms with Crippen molar-refractivity contribution in [3.8, 4) is 11.5 Å². The molecule has 0 atom stereocenters. The number of fused-ring (bicyclic) bond motifs is 1. The third-order valence-corrected chi connectivity index (χ3v) is 4.34. The summed E-state index contributed by atoms with van der Waals surface area (Å²) in [5.74, 6) is -0.208. The van der Waals surface area contributed by atoms with E-state index in [1.54, 1.807) is 18.3 Å². The lowest BCUT2D eigenvalue weighted by atomic mass is 10.2. The maximum absolute atomic E-state index is 13.8. The number of nitrogens with one attached hydrogen (secondary N) is 2. The molecule has 0 aliphatic rings. The van der Waals surface area contributed by atoms with Gasteiger partial charge in [0.1, 0.15) is 5.82 Å². The van der Waals surface area contributed by atoms with Crippen LogP contribution in [0.5, 0.6) is 0 Å². The van der Waals surface area contributed by atoms with E-state index < -0.39 is 5.82 Å². The zero-order valence-electron chi connectivity index (χ0n) is 13.4. The highest BCUT2D eigenvalue weighted by atomic mass is 35.5. The van der Waals surface area contributed by atoms with Crippen LogP contribution in [0.1, 0.15) is 15.9 Å². The molecular weight excluding hydrogens is 357 g/mol. The predicted octanol–water partition coefficient (Wildman–Crippen LogP) is 3.45. The zero-order chi connectivity index (χ0) is 18.1. The second-order valence-corrected chi connectivity index (χ2v) is 6.04. The summed E-state index contributed by atoms with van der Waals surface area (Å²) >= 11 is 5.97. The van der Waals surface area contributed by atoms with Gasteiger partial charge in [-0.1, -0.05) is 23.7 Å². The summed E-state index contributed by atoms with van der Waals surface area (Å²) in [4.78, 5) is 15.4. The first kappa shape index (κ1) is 16.3. The molecule has 1 amide bonds. The molecule has 8 heteroatoms. The number of carbonyl (C=O) groups is 1. The Bertz CT molecular complexity index is 1080. The van der Waals surface area contributed by atoms with E-state index in [0.717, 1.165) is 0 Å². The van der Waals surface area contributed by atoms with Crippen molar-refractivity contribution in [2.45, 2.75) is 6.54 Å². The summed E-state index contributed by atoms with van der Waals surface area (Å²) < 4.78 is 15.6. The standard InChI is InChI=1S/C18H13ClFN5O/c19-13-4-3-5-14(20)12(13)10-22-18(26)11-8-15(21-9-11)17-24-23-16-6-1-2-7-25(16)17/h1-9,21H,10H2,(H,22,26). The Balaban J connectivity index is 1.53. The van der Waals surface area contributed by atoms with Gasteiger partial charge in [-0.05, 0) is 30.3 Å². The number of aromatic amines is 1. The molecule has 0 fully saturated rings. The number of rotatable bonds is 4. The minimum absolute atomic E-state index is 0.00127. The molecule has 0 unspecified atom stereocenters. The van der Waals surface area contributed by atoms with Crippen LogP contribution in [0.3, 0.4) is 0 Å². The summed E-state index contributed by atoms with van der Waals surface area (Å²) in [6.07, 6.45) is 3.41. The highest BCUT2D eigenvalue weighted by Crippen LogP contribution is 2.20. The van der Waals surface area contributed by atoms with Crippen molar-refractivity contribution < 1.29 is 9.18 Å². The number of amides is 1. The van der Waals surface area contributed by atoms with E-state index in [1.807, 2.05) is 28.8 Å². The van der Waals surface area contributed by atoms with Crippen molar-refractivity contribution >= 4 is 23.2 Å². The summed E-state index contributed by atoms with van der Waals surface area (Å²) in [6, 6.07) is 11.6. The van der Waals surface area contributed by atoms with Crippen LogP contribution in [-0.4, -0.2) is 25.5 Å². The predicted molar refractivity (Wildman–Crippen MR) is 95.4 cm³/mol. The second-order valence-electron chi connectivity index (χ2n) is 5.64. The fourth-order valence-electron chi connectivity index (χ4n) is 2.65. The van der Waals surface area contributed by atoms with Gasteiger partial charge in [-0.2, -0.15) is 0 Å². The first-order chi connectivity index (χ1) is 12.6. The van der Waals surface area contributed by atoms with Crippen LogP contribution < -0.4 is 5.32 Å². The van der Waals surface area contributed by atoms with Crippen molar-refractivity contribution in [3.63, 3.8) is 0 Å². The summed E-state index contributed by atoms with van der Waals surface area (Å²) in [7, 11) is 0. The Morgan fingerprint density at radius 1 is 1.23 bits per heavy atom. The Hall–Kier alpha value is -3.19. The van der Waals surface area contributed by atoms with E-state index in [0.29, 0.717) is 22.7 Å². The summed E-state index contributed by atoms with van der Waals surface area (Å²) in [6.45, 7) is -0.00127. The van der Waals surface area contributed by atoms with E-state index in [-0.39, 0.29) is 23.0 Å². The molecular formula is C18H13ClFN5O. The normalized spacial score (nSPS) is 11.0. The molecule has 4 aromatic rings. The summed E-state index contributed by atoms with van der Waals surface area (Å²) in [5.41, 5.74) is 2.01. The van der Waals surface area contributed by atoms with Crippen LogP contribution in [0.4, 0.5) is 4.39 Å². The Morgan fingerprint density at radius 2 is 2.12 bits per heavy atom. The molecule has 0 aliphatic carbocycles. The third kappa shape index (κ3) is 2.93. The topological polar surface area (TPSA) is 75.1 Å². The SMILES string of the molecule is O=C(NCc1c(F)cccc1Cl)c1c[nH]c(-c2nnc3ccccn23)c1. The van der Waals surface area contributed by atoms with Gasteiger partial charge in [-0.15, -0.1) is 10.2 Å². The Kier molecular flexibility index (Phi) is 4.14. The van der Waals surface area contributed by atoms with Crippen LogP contribution >= 0.6 is 11.6 Å². The maximum Gasteiger partial charge on any atom is 0.253 e. The molecule has 0 aliphatic heterocycles. The van der Waals surface area contributed by atoms with Crippen LogP contribution in [0.15, 0.2) is 54.9 Å². The van der Waals surface area contributed by atoms with Gasteiger partial charge in [0.25, 0.3) is 5.91 Å². The molecule has 0 bridgehead atoms. The molecule has 26 heavy (non-hydrogen) atoms. The van der Waals surface area contributed by atoms with Crippen LogP contribution in [0.25, 0.3) is 17.2 Å². The number of pyridine rings is 1. The van der Waals surface area contributed by atoms with Crippen molar-refractivity contribution in [2.24, 2.45) is 0 Å². The van der Waals surface area contributed by atoms with Gasteiger partial charge in [0, 0.05) is 29.5 Å². The molecule has 3 aromatic heterocycles. The van der Waals surface area contributed by atoms with Gasteiger partial charge < -0.3 is 10.3 Å². The van der Waals surface area contributed by atoms with Gasteiger partial charge in [0.15, 0.2) is 11.5 Å². The largest absolute Gasteiger partial charge is 0.358 e. The van der Waals surface area contributed by atoms with Crippen molar-refractivity contribution in [2.75, 3.05) is 0 Å². The van der Waals surface area contributed by atoms with Crippen molar-refractivity contribution in [3.05, 3.63) is 76.8 Å². The third-order valence-electron chi connectivity index (χ3n) is 3.99. The molecule has 1 aromatic carbocycles. The Labute approximate surface area is 152 Å². The second kappa shape index (κ2) is 6.61. The smallest absolute Gasteiger partial charge is 0.253 e. The van der Waals surface area contributed by atoms with Crippen molar-refractivity contribution in [1.29, 1.82) is 0 Å². The van der Waals surface area contributed by atoms with Gasteiger partial charge in [-0.3, -0.25) is 9.20 Å². The average Bonchev–Trinajstić information content (AvgIpc) is 3.28. The highest BCUT2D eigenvalue weighted by Gasteiger charge is 2.14. The number of nitrogens with zero attached hydrogens (tertiary/aromatic N) is 3. The number of halogens is 2. The minimum Gasteiger partial charge on any atom is -0.358 e. The highest BCUT2D eigenvalue weighted by molar-refractivity contribution is 6.31. The molecule has 0 saturated carbocycles. The van der Waals surface area contributed by atoms with Gasteiger partial charge in [-0.25, -0.2) is 4.39 Å². The number of hydrogen-bond acceptors (Lipinski definition) is 3. The monoisotopic (exact) mass is 369 g/mol. The van der Waals surface area contributed by atoms with Crippen LogP contribution in [0.2, 0.25) is 5.02 Å². The lowest BCUT2D eigenvalue weighted by molar-refractivity contribution is 0.0951. The molecule has 6 nitrogen and oxygen atoms in total. The average molecular weight is 370 g/mol. The molecule has 2 N–H and O–H groups in total. The minimum atomic E-state index is -0.456. The van der Waals surface area contributed by atoms with E-state index >= 15 is 0 Å². The van der Waals surface area contributed by atoms with Gasteiger partial charge in [0.2, 0.25) is 0 Å². The molecule has 130 valence electrons. The first-order valence-corrected chi connectivity index (χ1v) is 8.21. The van der Waals surface area contributed by atoms with E-state index in [4.69, 9.17) is 11.6 Å². The molecule has 0 saturated heterocycles. The zero-order valence-corrected chi connectivity index (χ0v) is 14.2. The number of hydrogen-bond donors (Lipinski definition) is 2. The van der Waals surface area contributed by atoms with Crippen molar-refractivity contribution in [1.82, 2.24) is 24.9 Å². The number of H-pyrrole nitrogens is 1. The molecule has 3 heterocycles. The Morgan fingerprint density at radius 3 is 2.96 bits per heavy atom. The summed E-state index contributed by atoms with van der Waals surface area (Å²) in [5, 5.41) is 11.2. The van der Waals surface area contributed by atoms with Crippen LogP contribution in [-0.2, 0) is 6.54 Å². The van der Waals surface area contributed by atoms with E-state index in [1.165, 1.54) is 12.1 Å². The molecule has 0 radical (unpaired) electrons. The quantitative estimate of drug-likeness (QED) is 0.578. The maximum atomic E-state index is 13.8. The number of carbonyl (C=O) groups excluding carboxylic acids is 1.